The zero-order valence-electron chi connectivity index (χ0n) is 9.81. The quantitative estimate of drug-likeness (QED) is 0.793. The number of nitrogens with zero attached hydrogens (tertiary/aromatic N) is 2. The lowest BCUT2D eigenvalue weighted by atomic mass is 9.91. The van der Waals surface area contributed by atoms with Gasteiger partial charge in [-0.1, -0.05) is 6.42 Å². The smallest absolute Gasteiger partial charge is 0.0271 e. The monoisotopic (exact) mass is 219 g/mol. The molecule has 0 bridgehead atoms. The highest BCUT2D eigenvalue weighted by atomic mass is 15.2. The van der Waals surface area contributed by atoms with Gasteiger partial charge in [-0.15, -0.1) is 0 Å². The van der Waals surface area contributed by atoms with Crippen LogP contribution in [0.15, 0.2) is 24.5 Å². The lowest BCUT2D eigenvalue weighted by Gasteiger charge is -2.37. The van der Waals surface area contributed by atoms with Crippen LogP contribution in [-0.4, -0.2) is 29.0 Å². The molecule has 2 rings (SSSR count). The standard InChI is InChI=1S/C13H21N3/c14-7-2-10-16(13-3-1-4-13)11-12-5-8-15-9-6-12/h5-6,8-9,13H,1-4,7,10-11,14H2. The fourth-order valence-corrected chi connectivity index (χ4v) is 2.16. The van der Waals surface area contributed by atoms with Gasteiger partial charge in [0.05, 0.1) is 0 Å². The first-order valence-corrected chi connectivity index (χ1v) is 6.23. The Morgan fingerprint density at radius 2 is 2.06 bits per heavy atom. The Labute approximate surface area is 97.7 Å². The third kappa shape index (κ3) is 3.03. The zero-order chi connectivity index (χ0) is 11.2. The maximum atomic E-state index is 5.59. The summed E-state index contributed by atoms with van der Waals surface area (Å²) in [6.45, 7) is 2.97. The van der Waals surface area contributed by atoms with E-state index in [1.165, 1.54) is 24.8 Å². The van der Waals surface area contributed by atoms with E-state index in [4.69, 9.17) is 5.73 Å². The summed E-state index contributed by atoms with van der Waals surface area (Å²) < 4.78 is 0. The molecule has 1 fully saturated rings. The number of rotatable bonds is 6. The molecule has 0 aromatic carbocycles. The van der Waals surface area contributed by atoms with Crippen molar-refractivity contribution in [3.63, 3.8) is 0 Å². The molecule has 0 aliphatic heterocycles. The number of pyridine rings is 1. The first-order chi connectivity index (χ1) is 7.90. The second kappa shape index (κ2) is 5.97. The van der Waals surface area contributed by atoms with Gasteiger partial charge < -0.3 is 5.73 Å². The summed E-state index contributed by atoms with van der Waals surface area (Å²) in [7, 11) is 0. The van der Waals surface area contributed by atoms with Crippen molar-refractivity contribution in [3.05, 3.63) is 30.1 Å². The van der Waals surface area contributed by atoms with Gasteiger partial charge in [0.1, 0.15) is 0 Å². The molecule has 1 saturated carbocycles. The first kappa shape index (κ1) is 11.6. The van der Waals surface area contributed by atoms with Crippen molar-refractivity contribution in [2.45, 2.75) is 38.3 Å². The summed E-state index contributed by atoms with van der Waals surface area (Å²) in [6, 6.07) is 5.00. The third-order valence-corrected chi connectivity index (χ3v) is 3.38. The van der Waals surface area contributed by atoms with Gasteiger partial charge in [0, 0.05) is 25.0 Å². The lowest BCUT2D eigenvalue weighted by molar-refractivity contribution is 0.118. The van der Waals surface area contributed by atoms with Crippen LogP contribution < -0.4 is 5.73 Å². The summed E-state index contributed by atoms with van der Waals surface area (Å²) >= 11 is 0. The minimum Gasteiger partial charge on any atom is -0.330 e. The van der Waals surface area contributed by atoms with Gasteiger partial charge >= 0.3 is 0 Å². The van der Waals surface area contributed by atoms with Crippen molar-refractivity contribution < 1.29 is 0 Å². The molecule has 1 aliphatic carbocycles. The molecule has 1 aliphatic rings. The van der Waals surface area contributed by atoms with E-state index in [9.17, 15) is 0 Å². The molecule has 0 atom stereocenters. The third-order valence-electron chi connectivity index (χ3n) is 3.38. The molecule has 1 aromatic heterocycles. The Kier molecular flexibility index (Phi) is 4.31. The Balaban J connectivity index is 1.90. The first-order valence-electron chi connectivity index (χ1n) is 6.23. The fourth-order valence-electron chi connectivity index (χ4n) is 2.16. The van der Waals surface area contributed by atoms with Gasteiger partial charge in [0.15, 0.2) is 0 Å². The molecule has 16 heavy (non-hydrogen) atoms. The van der Waals surface area contributed by atoms with Crippen LogP contribution in [0.1, 0.15) is 31.2 Å². The Morgan fingerprint density at radius 1 is 1.31 bits per heavy atom. The van der Waals surface area contributed by atoms with E-state index >= 15 is 0 Å². The minimum atomic E-state index is 0.791. The van der Waals surface area contributed by atoms with Crippen LogP contribution in [-0.2, 0) is 6.54 Å². The van der Waals surface area contributed by atoms with E-state index in [2.05, 4.69) is 22.0 Å². The van der Waals surface area contributed by atoms with E-state index in [1.807, 2.05) is 12.4 Å². The predicted octanol–water partition coefficient (Wildman–Crippen LogP) is 1.78. The van der Waals surface area contributed by atoms with Crippen LogP contribution in [0.4, 0.5) is 0 Å². The van der Waals surface area contributed by atoms with Crippen LogP contribution in [0.25, 0.3) is 0 Å². The molecule has 2 N–H and O–H groups in total. The van der Waals surface area contributed by atoms with E-state index in [0.717, 1.165) is 32.1 Å². The molecular weight excluding hydrogens is 198 g/mol. The van der Waals surface area contributed by atoms with Crippen molar-refractivity contribution in [1.82, 2.24) is 9.88 Å². The number of hydrogen-bond donors (Lipinski definition) is 1. The van der Waals surface area contributed by atoms with Crippen LogP contribution in [0, 0.1) is 0 Å². The van der Waals surface area contributed by atoms with Gasteiger partial charge in [-0.3, -0.25) is 9.88 Å². The Hall–Kier alpha value is -0.930. The van der Waals surface area contributed by atoms with Gasteiger partial charge in [-0.2, -0.15) is 0 Å². The minimum absolute atomic E-state index is 0.791. The van der Waals surface area contributed by atoms with E-state index in [-0.39, 0.29) is 0 Å². The molecule has 1 aromatic rings. The van der Waals surface area contributed by atoms with Gasteiger partial charge in [-0.05, 0) is 50.0 Å². The molecule has 0 amide bonds. The molecule has 0 saturated heterocycles. The van der Waals surface area contributed by atoms with Crippen LogP contribution in [0.3, 0.4) is 0 Å². The molecular formula is C13H21N3. The average molecular weight is 219 g/mol. The van der Waals surface area contributed by atoms with Crippen LogP contribution >= 0.6 is 0 Å². The van der Waals surface area contributed by atoms with Gasteiger partial charge in [0.2, 0.25) is 0 Å². The highest BCUT2D eigenvalue weighted by molar-refractivity contribution is 5.09. The van der Waals surface area contributed by atoms with E-state index in [1.54, 1.807) is 0 Å². The summed E-state index contributed by atoms with van der Waals surface area (Å²) in [5.41, 5.74) is 6.95. The Bertz CT molecular complexity index is 295. The predicted molar refractivity (Wildman–Crippen MR) is 66.0 cm³/mol. The highest BCUT2D eigenvalue weighted by Crippen LogP contribution is 2.26. The van der Waals surface area contributed by atoms with E-state index in [0.29, 0.717) is 0 Å². The molecule has 1 heterocycles. The molecule has 3 heteroatoms. The van der Waals surface area contributed by atoms with Crippen LogP contribution in [0.5, 0.6) is 0 Å². The van der Waals surface area contributed by atoms with Crippen molar-refractivity contribution >= 4 is 0 Å². The topological polar surface area (TPSA) is 42.1 Å². The second-order valence-electron chi connectivity index (χ2n) is 4.55. The SMILES string of the molecule is NCCCN(Cc1ccncc1)C1CCC1. The summed E-state index contributed by atoms with van der Waals surface area (Å²) in [5.74, 6) is 0. The van der Waals surface area contributed by atoms with Gasteiger partial charge in [-0.25, -0.2) is 0 Å². The normalized spacial score (nSPS) is 16.4. The molecule has 0 radical (unpaired) electrons. The van der Waals surface area contributed by atoms with Crippen molar-refractivity contribution in [2.24, 2.45) is 5.73 Å². The lowest BCUT2D eigenvalue weighted by Crippen LogP contribution is -2.40. The number of aromatic nitrogens is 1. The number of hydrogen-bond acceptors (Lipinski definition) is 3. The largest absolute Gasteiger partial charge is 0.330 e. The number of nitrogens with two attached hydrogens (primary N) is 1. The molecule has 3 nitrogen and oxygen atoms in total. The summed E-state index contributed by atoms with van der Waals surface area (Å²) in [4.78, 5) is 6.63. The summed E-state index contributed by atoms with van der Waals surface area (Å²) in [5, 5.41) is 0. The van der Waals surface area contributed by atoms with Crippen LogP contribution in [0.2, 0.25) is 0 Å². The van der Waals surface area contributed by atoms with Crippen molar-refractivity contribution in [3.8, 4) is 0 Å². The highest BCUT2D eigenvalue weighted by Gasteiger charge is 2.24. The van der Waals surface area contributed by atoms with E-state index < -0.39 is 0 Å². The average Bonchev–Trinajstić information content (AvgIpc) is 2.25. The molecule has 0 unspecified atom stereocenters. The maximum absolute atomic E-state index is 5.59. The summed E-state index contributed by atoms with van der Waals surface area (Å²) in [6.07, 6.45) is 8.95. The Morgan fingerprint density at radius 3 is 2.62 bits per heavy atom. The molecule has 88 valence electrons. The second-order valence-corrected chi connectivity index (χ2v) is 4.55. The molecule has 0 spiro atoms. The van der Waals surface area contributed by atoms with Crippen molar-refractivity contribution in [1.29, 1.82) is 0 Å². The maximum Gasteiger partial charge on any atom is 0.0271 e. The zero-order valence-corrected chi connectivity index (χ0v) is 9.81. The van der Waals surface area contributed by atoms with Crippen molar-refractivity contribution in [2.75, 3.05) is 13.1 Å². The fraction of sp³-hybridized carbons (Fsp3) is 0.615. The van der Waals surface area contributed by atoms with Gasteiger partial charge in [0.25, 0.3) is 0 Å².